The average Bonchev–Trinajstić information content (AvgIpc) is 3.56. The Hall–Kier alpha value is -4.33. The van der Waals surface area contributed by atoms with Gasteiger partial charge < -0.3 is 14.9 Å². The molecule has 0 saturated carbocycles. The number of benzene rings is 2. The molecular formula is C23H20N6O2. The summed E-state index contributed by atoms with van der Waals surface area (Å²) in [6.07, 6.45) is 3.25. The fraction of sp³-hybridized carbons (Fsp3) is 0.0870. The first-order valence-electron chi connectivity index (χ1n) is 9.80. The monoisotopic (exact) mass is 412 g/mol. The summed E-state index contributed by atoms with van der Waals surface area (Å²) >= 11 is 0. The molecule has 0 unspecified atom stereocenters. The highest BCUT2D eigenvalue weighted by molar-refractivity contribution is 5.69. The molecule has 0 saturated heterocycles. The van der Waals surface area contributed by atoms with Gasteiger partial charge in [-0.25, -0.2) is 9.67 Å². The van der Waals surface area contributed by atoms with Crippen LogP contribution in [0.5, 0.6) is 5.75 Å². The van der Waals surface area contributed by atoms with E-state index in [-0.39, 0.29) is 0 Å². The molecular weight excluding hydrogens is 392 g/mol. The molecule has 0 aliphatic carbocycles. The molecule has 3 aromatic heterocycles. The number of nitrogens with two attached hydrogens (primary N) is 1. The van der Waals surface area contributed by atoms with Gasteiger partial charge in [-0.2, -0.15) is 10.2 Å². The molecule has 31 heavy (non-hydrogen) atoms. The van der Waals surface area contributed by atoms with Crippen molar-refractivity contribution in [2.75, 3.05) is 5.73 Å². The summed E-state index contributed by atoms with van der Waals surface area (Å²) in [5, 5.41) is 11.5. The van der Waals surface area contributed by atoms with Crippen LogP contribution in [0.25, 0.3) is 23.0 Å². The Morgan fingerprint density at radius 3 is 2.58 bits per heavy atom. The molecule has 0 bridgehead atoms. The van der Waals surface area contributed by atoms with Crippen LogP contribution in [-0.4, -0.2) is 25.0 Å². The largest absolute Gasteiger partial charge is 0.489 e. The molecule has 3 heterocycles. The van der Waals surface area contributed by atoms with Gasteiger partial charge in [-0.1, -0.05) is 42.5 Å². The molecule has 154 valence electrons. The van der Waals surface area contributed by atoms with Crippen LogP contribution in [0.4, 0.5) is 5.82 Å². The minimum Gasteiger partial charge on any atom is -0.489 e. The Morgan fingerprint density at radius 2 is 1.81 bits per heavy atom. The number of anilines is 1. The number of aromatic amines is 1. The third-order valence-electron chi connectivity index (χ3n) is 4.87. The van der Waals surface area contributed by atoms with Gasteiger partial charge in [-0.3, -0.25) is 5.10 Å². The first-order chi connectivity index (χ1) is 15.3. The van der Waals surface area contributed by atoms with Crippen LogP contribution in [-0.2, 0) is 13.2 Å². The molecule has 0 aliphatic heterocycles. The molecule has 3 N–H and O–H groups in total. The molecule has 0 aliphatic rings. The molecule has 0 spiro atoms. The molecule has 2 aromatic carbocycles. The SMILES string of the molecule is Nc1c(-c2n[nH]c(-c3ccco3)n2)cnn1Cc1ccc(OCc2ccccc2)cc1. The number of nitrogen functional groups attached to an aromatic ring is 1. The Bertz CT molecular complexity index is 1260. The number of aromatic nitrogens is 5. The lowest BCUT2D eigenvalue weighted by molar-refractivity contribution is 0.306. The molecule has 0 radical (unpaired) electrons. The van der Waals surface area contributed by atoms with Crippen molar-refractivity contribution in [3.8, 4) is 28.7 Å². The van der Waals surface area contributed by atoms with Gasteiger partial charge in [0.1, 0.15) is 18.2 Å². The summed E-state index contributed by atoms with van der Waals surface area (Å²) < 4.78 is 12.9. The fourth-order valence-corrected chi connectivity index (χ4v) is 3.20. The van der Waals surface area contributed by atoms with Gasteiger partial charge in [-0.15, -0.1) is 0 Å². The lowest BCUT2D eigenvalue weighted by Gasteiger charge is -2.08. The van der Waals surface area contributed by atoms with E-state index in [0.29, 0.717) is 41.9 Å². The van der Waals surface area contributed by atoms with Crippen molar-refractivity contribution in [2.45, 2.75) is 13.2 Å². The third kappa shape index (κ3) is 4.04. The van der Waals surface area contributed by atoms with Crippen molar-refractivity contribution in [1.29, 1.82) is 0 Å². The maximum Gasteiger partial charge on any atom is 0.192 e. The van der Waals surface area contributed by atoms with Gasteiger partial charge >= 0.3 is 0 Å². The van der Waals surface area contributed by atoms with Crippen molar-refractivity contribution in [3.05, 3.63) is 90.3 Å². The van der Waals surface area contributed by atoms with E-state index in [9.17, 15) is 0 Å². The van der Waals surface area contributed by atoms with E-state index < -0.39 is 0 Å². The fourth-order valence-electron chi connectivity index (χ4n) is 3.20. The van der Waals surface area contributed by atoms with E-state index in [4.69, 9.17) is 14.9 Å². The van der Waals surface area contributed by atoms with Crippen molar-refractivity contribution >= 4 is 5.82 Å². The zero-order chi connectivity index (χ0) is 21.0. The second-order valence-electron chi connectivity index (χ2n) is 7.00. The summed E-state index contributed by atoms with van der Waals surface area (Å²) in [6, 6.07) is 21.6. The molecule has 0 atom stereocenters. The number of hydrogen-bond acceptors (Lipinski definition) is 6. The summed E-state index contributed by atoms with van der Waals surface area (Å²) in [5.41, 5.74) is 9.16. The zero-order valence-electron chi connectivity index (χ0n) is 16.6. The number of rotatable bonds is 7. The van der Waals surface area contributed by atoms with Crippen LogP contribution in [0, 0.1) is 0 Å². The van der Waals surface area contributed by atoms with E-state index in [2.05, 4.69) is 20.3 Å². The Kier molecular flexibility index (Phi) is 4.94. The topological polar surface area (TPSA) is 108 Å². The smallest absolute Gasteiger partial charge is 0.192 e. The number of nitrogens with zero attached hydrogens (tertiary/aromatic N) is 4. The van der Waals surface area contributed by atoms with Crippen molar-refractivity contribution in [1.82, 2.24) is 25.0 Å². The minimum absolute atomic E-state index is 0.472. The number of ether oxygens (including phenoxy) is 1. The summed E-state index contributed by atoms with van der Waals surface area (Å²) in [6.45, 7) is 1.06. The Balaban J connectivity index is 1.26. The quantitative estimate of drug-likeness (QED) is 0.416. The molecule has 8 heteroatoms. The lowest BCUT2D eigenvalue weighted by Crippen LogP contribution is -2.06. The van der Waals surface area contributed by atoms with Gasteiger partial charge in [0.25, 0.3) is 0 Å². The van der Waals surface area contributed by atoms with Crippen molar-refractivity contribution in [2.24, 2.45) is 0 Å². The predicted molar refractivity (Wildman–Crippen MR) is 116 cm³/mol. The van der Waals surface area contributed by atoms with Crippen LogP contribution in [0.15, 0.2) is 83.6 Å². The van der Waals surface area contributed by atoms with Crippen molar-refractivity contribution < 1.29 is 9.15 Å². The number of nitrogens with one attached hydrogen (secondary N) is 1. The van der Waals surface area contributed by atoms with Crippen molar-refractivity contribution in [3.63, 3.8) is 0 Å². The van der Waals surface area contributed by atoms with Gasteiger partial charge in [-0.05, 0) is 35.4 Å². The van der Waals surface area contributed by atoms with Crippen LogP contribution in [0.1, 0.15) is 11.1 Å². The first-order valence-corrected chi connectivity index (χ1v) is 9.80. The van der Waals surface area contributed by atoms with Crippen LogP contribution >= 0.6 is 0 Å². The zero-order valence-corrected chi connectivity index (χ0v) is 16.6. The number of H-pyrrole nitrogens is 1. The summed E-state index contributed by atoms with van der Waals surface area (Å²) in [7, 11) is 0. The number of furan rings is 1. The summed E-state index contributed by atoms with van der Waals surface area (Å²) in [4.78, 5) is 4.45. The van der Waals surface area contributed by atoms with Gasteiger partial charge in [0, 0.05) is 0 Å². The van der Waals surface area contributed by atoms with Gasteiger partial charge in [0.15, 0.2) is 17.4 Å². The summed E-state index contributed by atoms with van der Waals surface area (Å²) in [5.74, 6) is 2.93. The Morgan fingerprint density at radius 1 is 0.968 bits per heavy atom. The van der Waals surface area contributed by atoms with Gasteiger partial charge in [0.2, 0.25) is 0 Å². The van der Waals surface area contributed by atoms with Crippen LogP contribution < -0.4 is 10.5 Å². The van der Waals surface area contributed by atoms with E-state index >= 15 is 0 Å². The van der Waals surface area contributed by atoms with E-state index in [1.54, 1.807) is 23.2 Å². The highest BCUT2D eigenvalue weighted by Crippen LogP contribution is 2.25. The molecule has 5 rings (SSSR count). The maximum atomic E-state index is 6.31. The van der Waals surface area contributed by atoms with E-state index in [1.165, 1.54) is 0 Å². The first kappa shape index (κ1) is 18.7. The van der Waals surface area contributed by atoms with Crippen LogP contribution in [0.2, 0.25) is 0 Å². The van der Waals surface area contributed by atoms with E-state index in [0.717, 1.165) is 16.9 Å². The lowest BCUT2D eigenvalue weighted by atomic mass is 10.2. The van der Waals surface area contributed by atoms with E-state index in [1.807, 2.05) is 60.7 Å². The standard InChI is InChI=1S/C23H20N6O2/c24-21-19(22-26-23(28-27-22)20-7-4-12-30-20)13-25-29(21)14-16-8-10-18(11-9-16)31-15-17-5-2-1-3-6-17/h1-13H,14-15,24H2,(H,26,27,28). The highest BCUT2D eigenvalue weighted by Gasteiger charge is 2.16. The molecule has 8 nitrogen and oxygen atoms in total. The third-order valence-corrected chi connectivity index (χ3v) is 4.87. The molecule has 0 amide bonds. The molecule has 0 fully saturated rings. The highest BCUT2D eigenvalue weighted by atomic mass is 16.5. The average molecular weight is 412 g/mol. The minimum atomic E-state index is 0.472. The number of hydrogen-bond donors (Lipinski definition) is 2. The second kappa shape index (κ2) is 8.19. The second-order valence-corrected chi connectivity index (χ2v) is 7.00. The molecule has 5 aromatic rings. The maximum absolute atomic E-state index is 6.31. The normalized spacial score (nSPS) is 11.0. The predicted octanol–water partition coefficient (Wildman–Crippen LogP) is 4.14. The Labute approximate surface area is 178 Å². The van der Waals surface area contributed by atoms with Gasteiger partial charge in [0.05, 0.1) is 24.6 Å². The van der Waals surface area contributed by atoms with Crippen LogP contribution in [0.3, 0.4) is 0 Å².